The van der Waals surface area contributed by atoms with Crippen LogP contribution in [0.25, 0.3) is 0 Å². The first-order valence-electron chi connectivity index (χ1n) is 10.4. The SMILES string of the molecule is NC(=O)c1cnc(Nc2ccc(N3CCCCC3)cc2)cc1NCc1ccccc1. The molecule has 0 spiro atoms. The third kappa shape index (κ3) is 4.89. The first-order chi connectivity index (χ1) is 14.7. The van der Waals surface area contributed by atoms with Crippen molar-refractivity contribution in [3.63, 3.8) is 0 Å². The zero-order valence-electron chi connectivity index (χ0n) is 17.0. The molecule has 4 rings (SSSR count). The quantitative estimate of drug-likeness (QED) is 0.542. The Bertz CT molecular complexity index is 982. The third-order valence-electron chi connectivity index (χ3n) is 5.36. The molecule has 154 valence electrons. The van der Waals surface area contributed by atoms with E-state index < -0.39 is 5.91 Å². The highest BCUT2D eigenvalue weighted by atomic mass is 16.1. The fourth-order valence-electron chi connectivity index (χ4n) is 3.72. The molecule has 0 atom stereocenters. The van der Waals surface area contributed by atoms with E-state index in [2.05, 4.69) is 44.8 Å². The summed E-state index contributed by atoms with van der Waals surface area (Å²) in [7, 11) is 0. The number of benzene rings is 2. The fourth-order valence-corrected chi connectivity index (χ4v) is 3.72. The van der Waals surface area contributed by atoms with E-state index in [4.69, 9.17) is 5.73 Å². The summed E-state index contributed by atoms with van der Waals surface area (Å²) in [5, 5.41) is 6.62. The van der Waals surface area contributed by atoms with Gasteiger partial charge in [0.05, 0.1) is 11.3 Å². The molecule has 0 saturated carbocycles. The third-order valence-corrected chi connectivity index (χ3v) is 5.36. The van der Waals surface area contributed by atoms with Crippen LogP contribution in [-0.4, -0.2) is 24.0 Å². The molecule has 1 amide bonds. The number of hydrogen-bond donors (Lipinski definition) is 3. The lowest BCUT2D eigenvalue weighted by Gasteiger charge is -2.28. The summed E-state index contributed by atoms with van der Waals surface area (Å²) in [6.45, 7) is 2.84. The summed E-state index contributed by atoms with van der Waals surface area (Å²) < 4.78 is 0. The van der Waals surface area contributed by atoms with Gasteiger partial charge in [0.25, 0.3) is 5.91 Å². The summed E-state index contributed by atoms with van der Waals surface area (Å²) in [6.07, 6.45) is 5.35. The molecule has 30 heavy (non-hydrogen) atoms. The number of pyridine rings is 1. The highest BCUT2D eigenvalue weighted by molar-refractivity contribution is 5.98. The first-order valence-corrected chi connectivity index (χ1v) is 10.4. The lowest BCUT2D eigenvalue weighted by molar-refractivity contribution is 0.100. The van der Waals surface area contributed by atoms with Gasteiger partial charge in [-0.3, -0.25) is 4.79 Å². The second kappa shape index (κ2) is 9.31. The highest BCUT2D eigenvalue weighted by Gasteiger charge is 2.12. The van der Waals surface area contributed by atoms with Gasteiger partial charge in [-0.1, -0.05) is 30.3 Å². The minimum Gasteiger partial charge on any atom is -0.380 e. The second-order valence-electron chi connectivity index (χ2n) is 7.54. The molecule has 1 aromatic heterocycles. The van der Waals surface area contributed by atoms with Gasteiger partial charge < -0.3 is 21.3 Å². The van der Waals surface area contributed by atoms with E-state index in [1.807, 2.05) is 36.4 Å². The van der Waals surface area contributed by atoms with Crippen LogP contribution in [0.2, 0.25) is 0 Å². The van der Waals surface area contributed by atoms with Crippen molar-refractivity contribution in [3.05, 3.63) is 78.0 Å². The number of nitrogens with two attached hydrogens (primary N) is 1. The summed E-state index contributed by atoms with van der Waals surface area (Å²) >= 11 is 0. The molecule has 0 bridgehead atoms. The van der Waals surface area contributed by atoms with Crippen LogP contribution in [0.1, 0.15) is 35.2 Å². The van der Waals surface area contributed by atoms with E-state index in [9.17, 15) is 4.79 Å². The van der Waals surface area contributed by atoms with Gasteiger partial charge in [0.15, 0.2) is 0 Å². The Hall–Kier alpha value is -3.54. The first kappa shape index (κ1) is 19.8. The highest BCUT2D eigenvalue weighted by Crippen LogP contribution is 2.25. The maximum atomic E-state index is 11.8. The zero-order chi connectivity index (χ0) is 20.8. The van der Waals surface area contributed by atoms with E-state index in [0.717, 1.165) is 24.3 Å². The van der Waals surface area contributed by atoms with Gasteiger partial charge in [0, 0.05) is 43.3 Å². The Morgan fingerprint density at radius 3 is 2.43 bits per heavy atom. The van der Waals surface area contributed by atoms with Crippen molar-refractivity contribution < 1.29 is 4.79 Å². The van der Waals surface area contributed by atoms with Crippen molar-refractivity contribution in [1.29, 1.82) is 0 Å². The molecule has 2 aromatic carbocycles. The van der Waals surface area contributed by atoms with Gasteiger partial charge in [0.2, 0.25) is 0 Å². The monoisotopic (exact) mass is 401 g/mol. The molecule has 2 heterocycles. The number of carbonyl (C=O) groups excluding carboxylic acids is 1. The Morgan fingerprint density at radius 2 is 1.73 bits per heavy atom. The van der Waals surface area contributed by atoms with E-state index >= 15 is 0 Å². The van der Waals surface area contributed by atoms with Crippen LogP contribution >= 0.6 is 0 Å². The molecular weight excluding hydrogens is 374 g/mol. The summed E-state index contributed by atoms with van der Waals surface area (Å²) in [5.74, 6) is 0.150. The van der Waals surface area contributed by atoms with E-state index in [-0.39, 0.29) is 0 Å². The van der Waals surface area contributed by atoms with Crippen molar-refractivity contribution in [2.24, 2.45) is 5.73 Å². The smallest absolute Gasteiger partial charge is 0.252 e. The molecule has 6 heteroatoms. The maximum absolute atomic E-state index is 11.8. The minimum atomic E-state index is -0.504. The number of piperidine rings is 1. The fraction of sp³-hybridized carbons (Fsp3) is 0.250. The van der Waals surface area contributed by atoms with E-state index in [0.29, 0.717) is 23.6 Å². The number of nitrogens with one attached hydrogen (secondary N) is 2. The van der Waals surface area contributed by atoms with Crippen molar-refractivity contribution in [2.75, 3.05) is 28.6 Å². The molecule has 0 aliphatic carbocycles. The summed E-state index contributed by atoms with van der Waals surface area (Å²) in [4.78, 5) is 18.6. The van der Waals surface area contributed by atoms with Crippen LogP contribution < -0.4 is 21.3 Å². The Labute approximate surface area is 177 Å². The van der Waals surface area contributed by atoms with Gasteiger partial charge >= 0.3 is 0 Å². The number of aromatic nitrogens is 1. The Morgan fingerprint density at radius 1 is 1.00 bits per heavy atom. The van der Waals surface area contributed by atoms with Gasteiger partial charge in [0.1, 0.15) is 5.82 Å². The molecule has 4 N–H and O–H groups in total. The van der Waals surface area contributed by atoms with Crippen molar-refractivity contribution >= 4 is 28.8 Å². The van der Waals surface area contributed by atoms with Crippen molar-refractivity contribution in [3.8, 4) is 0 Å². The molecule has 1 aliphatic heterocycles. The van der Waals surface area contributed by atoms with Crippen LogP contribution in [0.15, 0.2) is 66.9 Å². The maximum Gasteiger partial charge on any atom is 0.252 e. The molecule has 1 aliphatic rings. The summed E-state index contributed by atoms with van der Waals surface area (Å²) in [5.41, 5.74) is 9.88. The number of anilines is 4. The van der Waals surface area contributed by atoms with Crippen LogP contribution in [0.3, 0.4) is 0 Å². The molecule has 3 aromatic rings. The number of rotatable bonds is 7. The molecule has 1 fully saturated rings. The second-order valence-corrected chi connectivity index (χ2v) is 7.54. The van der Waals surface area contributed by atoms with Crippen LogP contribution in [-0.2, 0) is 6.54 Å². The van der Waals surface area contributed by atoms with E-state index in [1.54, 1.807) is 0 Å². The molecular formula is C24H27N5O. The van der Waals surface area contributed by atoms with Gasteiger partial charge in [-0.15, -0.1) is 0 Å². The van der Waals surface area contributed by atoms with Gasteiger partial charge in [-0.2, -0.15) is 0 Å². The summed E-state index contributed by atoms with van der Waals surface area (Å²) in [6, 6.07) is 20.2. The van der Waals surface area contributed by atoms with Crippen LogP contribution in [0.4, 0.5) is 22.9 Å². The van der Waals surface area contributed by atoms with Crippen LogP contribution in [0, 0.1) is 0 Å². The molecule has 0 unspecified atom stereocenters. The normalized spacial score (nSPS) is 13.7. The van der Waals surface area contributed by atoms with E-state index in [1.165, 1.54) is 31.1 Å². The number of hydrogen-bond acceptors (Lipinski definition) is 5. The molecule has 6 nitrogen and oxygen atoms in total. The van der Waals surface area contributed by atoms with Crippen molar-refractivity contribution in [2.45, 2.75) is 25.8 Å². The van der Waals surface area contributed by atoms with Gasteiger partial charge in [-0.05, 0) is 49.1 Å². The molecule has 0 radical (unpaired) electrons. The predicted molar refractivity (Wildman–Crippen MR) is 122 cm³/mol. The minimum absolute atomic E-state index is 0.372. The number of nitrogens with zero attached hydrogens (tertiary/aromatic N) is 2. The topological polar surface area (TPSA) is 83.3 Å². The van der Waals surface area contributed by atoms with Crippen molar-refractivity contribution in [1.82, 2.24) is 4.98 Å². The largest absolute Gasteiger partial charge is 0.380 e. The number of carbonyl (C=O) groups is 1. The lowest BCUT2D eigenvalue weighted by atomic mass is 10.1. The van der Waals surface area contributed by atoms with Crippen LogP contribution in [0.5, 0.6) is 0 Å². The molecule has 1 saturated heterocycles. The Kier molecular flexibility index (Phi) is 6.13. The Balaban J connectivity index is 1.47. The predicted octanol–water partition coefficient (Wildman–Crippen LogP) is 4.53. The van der Waals surface area contributed by atoms with Gasteiger partial charge in [-0.25, -0.2) is 4.98 Å². The standard InChI is InChI=1S/C24H27N5O/c25-24(30)21-17-27-23(15-22(21)26-16-18-7-3-1-4-8-18)28-19-9-11-20(12-10-19)29-13-5-2-6-14-29/h1,3-4,7-12,15,17H,2,5-6,13-14,16H2,(H2,25,30)(H2,26,27,28). The average molecular weight is 402 g/mol. The lowest BCUT2D eigenvalue weighted by Crippen LogP contribution is -2.29. The zero-order valence-corrected chi connectivity index (χ0v) is 17.0. The number of amides is 1. The average Bonchev–Trinajstić information content (AvgIpc) is 2.79. The number of primary amides is 1.